The molecule has 2 heterocycles. The highest BCUT2D eigenvalue weighted by Crippen LogP contribution is 2.20. The zero-order chi connectivity index (χ0) is 12.8. The molecule has 2 N–H and O–H groups in total. The van der Waals surface area contributed by atoms with Gasteiger partial charge in [-0.15, -0.1) is 0 Å². The van der Waals surface area contributed by atoms with Gasteiger partial charge >= 0.3 is 0 Å². The van der Waals surface area contributed by atoms with Gasteiger partial charge in [0.2, 0.25) is 0 Å². The quantitative estimate of drug-likeness (QED) is 0.677. The average molecular weight is 260 g/mol. The van der Waals surface area contributed by atoms with Crippen molar-refractivity contribution in [1.29, 1.82) is 0 Å². The number of pyridine rings is 1. The van der Waals surface area contributed by atoms with Crippen LogP contribution in [0.1, 0.15) is 5.69 Å². The molecule has 0 spiro atoms. The summed E-state index contributed by atoms with van der Waals surface area (Å²) in [5.74, 6) is 0. The molecule has 0 amide bonds. The molecule has 0 saturated heterocycles. The minimum Gasteiger partial charge on any atom is -0.274 e. The van der Waals surface area contributed by atoms with Crippen LogP contribution in [0.2, 0.25) is 0 Å². The van der Waals surface area contributed by atoms with Crippen LogP contribution in [-0.4, -0.2) is 15.3 Å². The predicted octanol–water partition coefficient (Wildman–Crippen LogP) is 2.58. The number of benzene rings is 1. The lowest BCUT2D eigenvalue weighted by Crippen LogP contribution is -1.80. The summed E-state index contributed by atoms with van der Waals surface area (Å²) in [6.45, 7) is 1.97. The third kappa shape index (κ3) is 3.06. The summed E-state index contributed by atoms with van der Waals surface area (Å²) in [7, 11) is 0. The number of nitrogens with zero attached hydrogens (tertiary/aromatic N) is 3. The topological polar surface area (TPSA) is 77.8 Å². The molecular weight excluding hydrogens is 248 g/mol. The van der Waals surface area contributed by atoms with E-state index in [9.17, 15) is 0 Å². The van der Waals surface area contributed by atoms with Crippen molar-refractivity contribution < 1.29 is 4.63 Å². The van der Waals surface area contributed by atoms with E-state index in [1.165, 1.54) is 0 Å². The van der Waals surface area contributed by atoms with Gasteiger partial charge in [0.15, 0.2) is 0 Å². The molecule has 0 aliphatic rings. The van der Waals surface area contributed by atoms with Gasteiger partial charge in [-0.2, -0.15) is 0 Å². The molecule has 5 nitrogen and oxygen atoms in total. The lowest BCUT2D eigenvalue weighted by Gasteiger charge is -1.91. The first-order chi connectivity index (χ1) is 8.81. The number of nitrogens with two attached hydrogens (primary N) is 1. The van der Waals surface area contributed by atoms with E-state index in [-0.39, 0.29) is 0 Å². The number of hydrogen-bond donors (Lipinski definition) is 1. The third-order valence-electron chi connectivity index (χ3n) is 2.19. The number of rotatable bonds is 1. The number of aromatic nitrogens is 3. The zero-order valence-electron chi connectivity index (χ0n) is 9.78. The lowest BCUT2D eigenvalue weighted by molar-refractivity contribution is 0.315. The highest BCUT2D eigenvalue weighted by Gasteiger charge is 2.03. The molecule has 0 fully saturated rings. The summed E-state index contributed by atoms with van der Waals surface area (Å²) in [6, 6.07) is 11.4. The van der Waals surface area contributed by atoms with Crippen molar-refractivity contribution in [2.24, 2.45) is 5.14 Å². The highest BCUT2D eigenvalue weighted by atomic mass is 32.2. The smallest absolute Gasteiger partial charge is 0.150 e. The summed E-state index contributed by atoms with van der Waals surface area (Å²) in [5, 5.41) is 12.8. The molecule has 0 atom stereocenters. The van der Waals surface area contributed by atoms with Gasteiger partial charge < -0.3 is 0 Å². The Balaban J connectivity index is 0.000000149. The summed E-state index contributed by atoms with van der Waals surface area (Å²) in [6.07, 6.45) is 1.79. The Bertz CT molecular complexity index is 612. The van der Waals surface area contributed by atoms with Crippen LogP contribution >= 0.6 is 11.9 Å². The molecule has 0 aliphatic carbocycles. The predicted molar refractivity (Wildman–Crippen MR) is 70.8 cm³/mol. The van der Waals surface area contributed by atoms with Crippen molar-refractivity contribution in [2.75, 3.05) is 0 Å². The Morgan fingerprint density at radius 2 is 2.00 bits per heavy atom. The zero-order valence-corrected chi connectivity index (χ0v) is 10.6. The molecule has 92 valence electrons. The number of hydrogen-bond acceptors (Lipinski definition) is 6. The van der Waals surface area contributed by atoms with Crippen molar-refractivity contribution in [3.63, 3.8) is 0 Å². The van der Waals surface area contributed by atoms with E-state index in [0.29, 0.717) is 0 Å². The van der Waals surface area contributed by atoms with Crippen molar-refractivity contribution in [1.82, 2.24) is 15.3 Å². The maximum absolute atomic E-state index is 5.38. The van der Waals surface area contributed by atoms with E-state index < -0.39 is 0 Å². The van der Waals surface area contributed by atoms with Crippen LogP contribution in [0, 0.1) is 6.92 Å². The minimum absolute atomic E-state index is 0.722. The highest BCUT2D eigenvalue weighted by molar-refractivity contribution is 7.97. The van der Waals surface area contributed by atoms with Gasteiger partial charge in [0.1, 0.15) is 11.0 Å². The summed E-state index contributed by atoms with van der Waals surface area (Å²) in [4.78, 5) is 4.86. The maximum Gasteiger partial charge on any atom is 0.150 e. The van der Waals surface area contributed by atoms with Crippen LogP contribution < -0.4 is 5.14 Å². The van der Waals surface area contributed by atoms with Gasteiger partial charge in [0.25, 0.3) is 0 Å². The van der Waals surface area contributed by atoms with Gasteiger partial charge in [-0.25, -0.2) is 4.63 Å². The number of fused-ring (bicyclic) bond motifs is 1. The van der Waals surface area contributed by atoms with Gasteiger partial charge in [-0.1, -0.05) is 12.1 Å². The van der Waals surface area contributed by atoms with Gasteiger partial charge in [-0.3, -0.25) is 10.1 Å². The van der Waals surface area contributed by atoms with E-state index in [4.69, 9.17) is 5.14 Å². The van der Waals surface area contributed by atoms with E-state index in [1.807, 2.05) is 43.3 Å². The Morgan fingerprint density at radius 3 is 2.61 bits per heavy atom. The van der Waals surface area contributed by atoms with Crippen molar-refractivity contribution in [3.05, 3.63) is 48.3 Å². The minimum atomic E-state index is 0.722. The van der Waals surface area contributed by atoms with Gasteiger partial charge in [-0.05, 0) is 53.5 Å². The van der Waals surface area contributed by atoms with E-state index in [1.54, 1.807) is 6.20 Å². The number of aryl methyl sites for hydroxylation is 1. The van der Waals surface area contributed by atoms with Crippen LogP contribution in [0.5, 0.6) is 0 Å². The molecule has 6 heteroatoms. The monoisotopic (exact) mass is 260 g/mol. The first-order valence-electron chi connectivity index (χ1n) is 5.27. The first-order valence-corrected chi connectivity index (χ1v) is 6.15. The van der Waals surface area contributed by atoms with Crippen molar-refractivity contribution >= 4 is 23.0 Å². The van der Waals surface area contributed by atoms with Crippen molar-refractivity contribution in [3.8, 4) is 0 Å². The Labute approximate surface area is 108 Å². The van der Waals surface area contributed by atoms with Crippen LogP contribution in [0.4, 0.5) is 0 Å². The van der Waals surface area contributed by atoms with Crippen LogP contribution in [0.15, 0.2) is 52.1 Å². The molecule has 0 bridgehead atoms. The fraction of sp³-hybridized carbons (Fsp3) is 0.0833. The van der Waals surface area contributed by atoms with E-state index in [2.05, 4.69) is 19.9 Å². The Hall–Kier alpha value is -1.92. The molecule has 0 aliphatic heterocycles. The van der Waals surface area contributed by atoms with E-state index in [0.717, 1.165) is 33.6 Å². The molecular formula is C12H12N4OS. The molecule has 0 radical (unpaired) electrons. The van der Waals surface area contributed by atoms with E-state index >= 15 is 0 Å². The van der Waals surface area contributed by atoms with Crippen LogP contribution in [0.3, 0.4) is 0 Å². The van der Waals surface area contributed by atoms with Crippen LogP contribution in [0.25, 0.3) is 11.0 Å². The summed E-state index contributed by atoms with van der Waals surface area (Å²) in [5.41, 5.74) is 2.53. The molecule has 3 aromatic rings. The molecule has 2 aromatic heterocycles. The van der Waals surface area contributed by atoms with Gasteiger partial charge in [0, 0.05) is 11.9 Å². The largest absolute Gasteiger partial charge is 0.274 e. The fourth-order valence-corrected chi connectivity index (χ4v) is 1.74. The maximum atomic E-state index is 5.38. The fourth-order valence-electron chi connectivity index (χ4n) is 1.32. The van der Waals surface area contributed by atoms with Gasteiger partial charge in [0.05, 0.1) is 4.90 Å². The standard InChI is InChI=1S/C6H5N3OS.C6H7N/c7-11-5-3-1-2-4-6(5)9-10-8-4;1-6-4-2-3-5-7-6/h1-3H,7H2;2-5H,1H3. The molecule has 0 unspecified atom stereocenters. The SMILES string of the molecule is Cc1ccccn1.NSc1cccc2nonc12. The third-order valence-corrected chi connectivity index (χ3v) is 2.77. The second-order valence-electron chi connectivity index (χ2n) is 3.48. The Morgan fingerprint density at radius 1 is 1.11 bits per heavy atom. The summed E-state index contributed by atoms with van der Waals surface area (Å²) >= 11 is 1.14. The second kappa shape index (κ2) is 6.13. The Kier molecular flexibility index (Phi) is 4.27. The molecule has 0 saturated carbocycles. The molecule has 1 aromatic carbocycles. The molecule has 18 heavy (non-hydrogen) atoms. The molecule has 3 rings (SSSR count). The first kappa shape index (κ1) is 12.5. The average Bonchev–Trinajstić information content (AvgIpc) is 2.88. The lowest BCUT2D eigenvalue weighted by atomic mass is 10.3. The van der Waals surface area contributed by atoms with Crippen LogP contribution in [-0.2, 0) is 0 Å². The van der Waals surface area contributed by atoms with Crippen molar-refractivity contribution in [2.45, 2.75) is 11.8 Å². The summed E-state index contributed by atoms with van der Waals surface area (Å²) < 4.78 is 4.54. The normalized spacial score (nSPS) is 9.89. The second-order valence-corrected chi connectivity index (χ2v) is 4.15.